The van der Waals surface area contributed by atoms with Crippen molar-refractivity contribution in [3.8, 4) is 0 Å². The van der Waals surface area contributed by atoms with E-state index in [0.29, 0.717) is 0 Å². The second-order valence-corrected chi connectivity index (χ2v) is 3.47. The molecule has 2 fully saturated rings. The van der Waals surface area contributed by atoms with Crippen LogP contribution in [0.5, 0.6) is 0 Å². The van der Waals surface area contributed by atoms with Crippen LogP contribution < -0.4 is 0 Å². The van der Waals surface area contributed by atoms with E-state index in [1.165, 1.54) is 0 Å². The molecule has 0 aromatic heterocycles. The Morgan fingerprint density at radius 3 is 2.23 bits per heavy atom. The van der Waals surface area contributed by atoms with Gasteiger partial charge in [0.2, 0.25) is 0 Å². The Morgan fingerprint density at radius 1 is 1.23 bits per heavy atom. The minimum absolute atomic E-state index is 0.274. The highest BCUT2D eigenvalue weighted by Crippen LogP contribution is 2.34. The SMILES string of the molecule is [N-]=[N+]=NC1C(O)[C@@H]2CCC(O2)[C@@H]1O. The molecule has 6 heteroatoms. The van der Waals surface area contributed by atoms with Gasteiger partial charge in [0.1, 0.15) is 0 Å². The maximum Gasteiger partial charge on any atom is 0.0943 e. The first-order chi connectivity index (χ1) is 6.24. The van der Waals surface area contributed by atoms with Crippen LogP contribution in [-0.2, 0) is 4.74 Å². The standard InChI is InChI=1S/C7H11N3O3/c8-10-9-5-6(11)3-1-2-4(13-3)7(5)12/h3-7,11-12H,1-2H2/t3-,4?,5?,6?,7-/m0/s1. The van der Waals surface area contributed by atoms with Crippen molar-refractivity contribution < 1.29 is 14.9 Å². The maximum atomic E-state index is 9.61. The molecular formula is C7H11N3O3. The fourth-order valence-electron chi connectivity index (χ4n) is 2.03. The van der Waals surface area contributed by atoms with Crippen molar-refractivity contribution in [2.45, 2.75) is 43.3 Å². The normalized spacial score (nSPS) is 48.6. The first kappa shape index (κ1) is 8.77. The molecule has 2 rings (SSSR count). The lowest BCUT2D eigenvalue weighted by Gasteiger charge is -2.34. The van der Waals surface area contributed by atoms with E-state index in [1.54, 1.807) is 0 Å². The molecular weight excluding hydrogens is 174 g/mol. The van der Waals surface area contributed by atoms with Gasteiger partial charge in [-0.25, -0.2) is 0 Å². The minimum atomic E-state index is -0.871. The Balaban J connectivity index is 2.21. The third-order valence-corrected chi connectivity index (χ3v) is 2.73. The van der Waals surface area contributed by atoms with Crippen molar-refractivity contribution in [3.05, 3.63) is 10.4 Å². The van der Waals surface area contributed by atoms with Gasteiger partial charge in [0.25, 0.3) is 0 Å². The van der Waals surface area contributed by atoms with Gasteiger partial charge in [-0.05, 0) is 18.4 Å². The summed E-state index contributed by atoms with van der Waals surface area (Å²) in [6.07, 6.45) is -0.845. The molecule has 13 heavy (non-hydrogen) atoms. The van der Waals surface area contributed by atoms with Gasteiger partial charge in [0, 0.05) is 4.91 Å². The average Bonchev–Trinajstić information content (AvgIpc) is 2.56. The highest BCUT2D eigenvalue weighted by Gasteiger charge is 2.47. The van der Waals surface area contributed by atoms with E-state index in [-0.39, 0.29) is 12.2 Å². The lowest BCUT2D eigenvalue weighted by molar-refractivity contribution is -0.143. The van der Waals surface area contributed by atoms with Crippen molar-refractivity contribution in [3.63, 3.8) is 0 Å². The molecule has 0 saturated carbocycles. The third kappa shape index (κ3) is 1.28. The molecule has 2 aliphatic heterocycles. The summed E-state index contributed by atoms with van der Waals surface area (Å²) in [7, 11) is 0. The van der Waals surface area contributed by atoms with E-state index >= 15 is 0 Å². The van der Waals surface area contributed by atoms with Crippen molar-refractivity contribution >= 4 is 0 Å². The van der Waals surface area contributed by atoms with Crippen LogP contribution in [-0.4, -0.2) is 40.7 Å². The molecule has 6 nitrogen and oxygen atoms in total. The molecule has 2 bridgehead atoms. The minimum Gasteiger partial charge on any atom is -0.390 e. The lowest BCUT2D eigenvalue weighted by Crippen LogP contribution is -2.52. The van der Waals surface area contributed by atoms with Gasteiger partial charge < -0.3 is 14.9 Å². The third-order valence-electron chi connectivity index (χ3n) is 2.73. The Labute approximate surface area is 74.8 Å². The quantitative estimate of drug-likeness (QED) is 0.340. The van der Waals surface area contributed by atoms with Gasteiger partial charge in [0.05, 0.1) is 30.5 Å². The summed E-state index contributed by atoms with van der Waals surface area (Å²) in [5.74, 6) is 0. The average molecular weight is 185 g/mol. The summed E-state index contributed by atoms with van der Waals surface area (Å²) in [4.78, 5) is 2.61. The van der Waals surface area contributed by atoms with E-state index < -0.39 is 18.2 Å². The first-order valence-electron chi connectivity index (χ1n) is 4.30. The number of aliphatic hydroxyl groups excluding tert-OH is 2. The zero-order chi connectivity index (χ0) is 9.42. The topological polar surface area (TPSA) is 98.5 Å². The summed E-state index contributed by atoms with van der Waals surface area (Å²) in [6.45, 7) is 0. The number of ether oxygens (including phenoxy) is 1. The second kappa shape index (κ2) is 3.16. The molecule has 0 spiro atoms. The first-order valence-corrected chi connectivity index (χ1v) is 4.30. The van der Waals surface area contributed by atoms with Crippen LogP contribution in [0.15, 0.2) is 5.11 Å². The van der Waals surface area contributed by atoms with Crippen LogP contribution in [0.4, 0.5) is 0 Å². The zero-order valence-corrected chi connectivity index (χ0v) is 6.95. The van der Waals surface area contributed by atoms with Gasteiger partial charge in [-0.15, -0.1) is 0 Å². The van der Waals surface area contributed by atoms with Crippen molar-refractivity contribution in [1.29, 1.82) is 0 Å². The summed E-state index contributed by atoms with van der Waals surface area (Å²) >= 11 is 0. The van der Waals surface area contributed by atoms with Gasteiger partial charge >= 0.3 is 0 Å². The Kier molecular flexibility index (Phi) is 2.13. The van der Waals surface area contributed by atoms with Crippen molar-refractivity contribution in [1.82, 2.24) is 0 Å². The van der Waals surface area contributed by atoms with Crippen molar-refractivity contribution in [2.75, 3.05) is 0 Å². The molecule has 72 valence electrons. The lowest BCUT2D eigenvalue weighted by atomic mass is 9.98. The highest BCUT2D eigenvalue weighted by atomic mass is 16.5. The van der Waals surface area contributed by atoms with E-state index in [4.69, 9.17) is 10.3 Å². The second-order valence-electron chi connectivity index (χ2n) is 3.47. The summed E-state index contributed by atoms with van der Waals surface area (Å²) in [5, 5.41) is 22.6. The summed E-state index contributed by atoms with van der Waals surface area (Å²) < 4.78 is 5.32. The van der Waals surface area contributed by atoms with Crippen LogP contribution >= 0.6 is 0 Å². The van der Waals surface area contributed by atoms with Crippen LogP contribution in [0.25, 0.3) is 10.4 Å². The van der Waals surface area contributed by atoms with Crippen LogP contribution in [0.2, 0.25) is 0 Å². The molecule has 5 atom stereocenters. The number of aliphatic hydroxyl groups is 2. The molecule has 3 unspecified atom stereocenters. The number of nitrogens with zero attached hydrogens (tertiary/aromatic N) is 3. The molecule has 0 aliphatic carbocycles. The smallest absolute Gasteiger partial charge is 0.0943 e. The van der Waals surface area contributed by atoms with E-state index in [0.717, 1.165) is 12.8 Å². The summed E-state index contributed by atoms with van der Waals surface area (Å²) in [6, 6.07) is -0.753. The fraction of sp³-hybridized carbons (Fsp3) is 1.00. The molecule has 0 aromatic rings. The largest absolute Gasteiger partial charge is 0.390 e. The Hall–Kier alpha value is -0.810. The van der Waals surface area contributed by atoms with Gasteiger partial charge in [-0.2, -0.15) is 0 Å². The van der Waals surface area contributed by atoms with Crippen molar-refractivity contribution in [2.24, 2.45) is 5.11 Å². The molecule has 2 aliphatic rings. The molecule has 0 amide bonds. The number of hydrogen-bond acceptors (Lipinski definition) is 4. The molecule has 0 aromatic carbocycles. The van der Waals surface area contributed by atoms with Gasteiger partial charge in [-0.1, -0.05) is 5.11 Å². The Bertz CT molecular complexity index is 237. The van der Waals surface area contributed by atoms with E-state index in [9.17, 15) is 10.2 Å². The van der Waals surface area contributed by atoms with Gasteiger partial charge in [0.15, 0.2) is 0 Å². The molecule has 2 N–H and O–H groups in total. The molecule has 2 saturated heterocycles. The van der Waals surface area contributed by atoms with E-state index in [1.807, 2.05) is 0 Å². The monoisotopic (exact) mass is 185 g/mol. The number of fused-ring (bicyclic) bond motifs is 2. The van der Waals surface area contributed by atoms with Crippen LogP contribution in [0, 0.1) is 0 Å². The Morgan fingerprint density at radius 2 is 1.77 bits per heavy atom. The summed E-state index contributed by atoms with van der Waals surface area (Å²) in [5.41, 5.74) is 8.24. The van der Waals surface area contributed by atoms with Gasteiger partial charge in [-0.3, -0.25) is 0 Å². The highest BCUT2D eigenvalue weighted by molar-refractivity contribution is 5.00. The fourth-order valence-corrected chi connectivity index (χ4v) is 2.03. The predicted molar refractivity (Wildman–Crippen MR) is 42.8 cm³/mol. The van der Waals surface area contributed by atoms with Crippen LogP contribution in [0.1, 0.15) is 12.8 Å². The molecule has 2 heterocycles. The maximum absolute atomic E-state index is 9.61. The number of hydrogen-bond donors (Lipinski definition) is 2. The zero-order valence-electron chi connectivity index (χ0n) is 6.95. The number of azide groups is 1. The predicted octanol–water partition coefficient (Wildman–Crippen LogP) is -0.0517. The van der Waals surface area contributed by atoms with E-state index in [2.05, 4.69) is 10.0 Å². The van der Waals surface area contributed by atoms with Crippen LogP contribution in [0.3, 0.4) is 0 Å². The number of rotatable bonds is 1. The molecule has 0 radical (unpaired) electrons.